The maximum absolute atomic E-state index is 13.2. The Morgan fingerprint density at radius 1 is 1.28 bits per heavy atom. The van der Waals surface area contributed by atoms with Crippen LogP contribution in [0.4, 0.5) is 0 Å². The van der Waals surface area contributed by atoms with E-state index in [0.29, 0.717) is 31.7 Å². The first-order chi connectivity index (χ1) is 15.0. The Morgan fingerprint density at radius 2 is 1.91 bits per heavy atom. The van der Waals surface area contributed by atoms with E-state index in [-0.39, 0.29) is 41.3 Å². The molecule has 32 heavy (non-hydrogen) atoms. The van der Waals surface area contributed by atoms with Crippen molar-refractivity contribution in [3.63, 3.8) is 0 Å². The number of esters is 1. The van der Waals surface area contributed by atoms with Gasteiger partial charge in [-0.25, -0.2) is 13.2 Å². The van der Waals surface area contributed by atoms with E-state index in [0.717, 1.165) is 0 Å². The molecule has 1 atom stereocenters. The molecule has 2 fully saturated rings. The third kappa shape index (κ3) is 4.66. The molecule has 0 radical (unpaired) electrons. The van der Waals surface area contributed by atoms with Crippen molar-refractivity contribution >= 4 is 27.9 Å². The lowest BCUT2D eigenvalue weighted by molar-refractivity contribution is -0.131. The molecule has 0 spiro atoms. The lowest BCUT2D eigenvalue weighted by Gasteiger charge is -2.33. The van der Waals surface area contributed by atoms with Gasteiger partial charge in [-0.3, -0.25) is 15.1 Å². The Hall–Kier alpha value is -2.46. The van der Waals surface area contributed by atoms with Crippen molar-refractivity contribution in [1.29, 1.82) is 5.41 Å². The van der Waals surface area contributed by atoms with Crippen LogP contribution in [0.25, 0.3) is 0 Å². The quantitative estimate of drug-likeness (QED) is 0.596. The number of nitrogens with zero attached hydrogens (tertiary/aromatic N) is 2. The van der Waals surface area contributed by atoms with Crippen LogP contribution in [0.3, 0.4) is 0 Å². The summed E-state index contributed by atoms with van der Waals surface area (Å²) in [5, 5.41) is 11.3. The summed E-state index contributed by atoms with van der Waals surface area (Å²) < 4.78 is 32.5. The summed E-state index contributed by atoms with van der Waals surface area (Å²) in [7, 11) is -2.64. The molecule has 2 N–H and O–H groups in total. The third-order valence-corrected chi connectivity index (χ3v) is 8.08. The summed E-state index contributed by atoms with van der Waals surface area (Å²) in [6.07, 6.45) is 1.77. The topological polar surface area (TPSA) is 120 Å². The Labute approximate surface area is 189 Å². The van der Waals surface area contributed by atoms with E-state index in [4.69, 9.17) is 10.1 Å². The smallest absolute Gasteiger partial charge is 0.339 e. The second kappa shape index (κ2) is 9.19. The van der Waals surface area contributed by atoms with E-state index in [1.165, 1.54) is 28.4 Å². The van der Waals surface area contributed by atoms with E-state index in [1.807, 2.05) is 20.8 Å². The normalized spacial score (nSPS) is 23.0. The lowest BCUT2D eigenvalue weighted by Crippen LogP contribution is -2.46. The first-order valence-corrected chi connectivity index (χ1v) is 12.3. The summed E-state index contributed by atoms with van der Waals surface area (Å²) in [5.41, 5.74) is -0.754. The van der Waals surface area contributed by atoms with Gasteiger partial charge in [0.1, 0.15) is 5.54 Å². The highest BCUT2D eigenvalue weighted by molar-refractivity contribution is 7.89. The highest BCUT2D eigenvalue weighted by atomic mass is 32.2. The molecule has 2 saturated heterocycles. The van der Waals surface area contributed by atoms with Crippen molar-refractivity contribution in [2.75, 3.05) is 26.7 Å². The van der Waals surface area contributed by atoms with Crippen molar-refractivity contribution in [3.05, 3.63) is 29.8 Å². The molecule has 2 heterocycles. The fourth-order valence-electron chi connectivity index (χ4n) is 4.61. The molecule has 1 amide bonds. The van der Waals surface area contributed by atoms with Gasteiger partial charge < -0.3 is 10.1 Å². The van der Waals surface area contributed by atoms with E-state index in [1.54, 1.807) is 12.1 Å². The Morgan fingerprint density at radius 3 is 2.50 bits per heavy atom. The molecular weight excluding hydrogens is 432 g/mol. The first kappa shape index (κ1) is 24.2. The van der Waals surface area contributed by atoms with Crippen molar-refractivity contribution < 1.29 is 22.7 Å². The number of nitrogens with one attached hydrogen (secondary N) is 2. The number of carbonyl (C=O) groups is 2. The Kier molecular flexibility index (Phi) is 6.94. The molecule has 1 unspecified atom stereocenters. The van der Waals surface area contributed by atoms with Crippen molar-refractivity contribution in [3.8, 4) is 0 Å². The first-order valence-electron chi connectivity index (χ1n) is 10.9. The summed E-state index contributed by atoms with van der Waals surface area (Å²) >= 11 is 0. The van der Waals surface area contributed by atoms with Gasteiger partial charge in [0.05, 0.1) is 17.6 Å². The minimum Gasteiger partial charge on any atom is -0.465 e. The van der Waals surface area contributed by atoms with Gasteiger partial charge >= 0.3 is 5.97 Å². The Balaban J connectivity index is 1.67. The van der Waals surface area contributed by atoms with Crippen LogP contribution in [-0.2, 0) is 19.6 Å². The molecule has 0 aliphatic carbocycles. The van der Waals surface area contributed by atoms with E-state index < -0.39 is 21.5 Å². The summed E-state index contributed by atoms with van der Waals surface area (Å²) in [6, 6.07) is 6.04. The predicted molar refractivity (Wildman–Crippen MR) is 120 cm³/mol. The van der Waals surface area contributed by atoms with Gasteiger partial charge in [-0.1, -0.05) is 26.0 Å². The van der Waals surface area contributed by atoms with Crippen molar-refractivity contribution in [2.24, 2.45) is 11.8 Å². The van der Waals surface area contributed by atoms with Crippen LogP contribution < -0.4 is 5.32 Å². The van der Waals surface area contributed by atoms with Crippen LogP contribution in [0.2, 0.25) is 0 Å². The van der Waals surface area contributed by atoms with Crippen LogP contribution in [-0.4, -0.2) is 67.7 Å². The number of rotatable bonds is 7. The van der Waals surface area contributed by atoms with E-state index in [9.17, 15) is 18.0 Å². The van der Waals surface area contributed by atoms with Crippen molar-refractivity contribution in [2.45, 2.75) is 50.5 Å². The van der Waals surface area contributed by atoms with Gasteiger partial charge in [-0.05, 0) is 50.2 Å². The fraction of sp³-hybridized carbons (Fsp3) is 0.591. The number of sulfonamides is 1. The molecular formula is C22H32N4O5S. The SMILES string of the molecule is COC(=O)c1ccccc1S(=O)(=O)N1CCC(CN2C(=N)NC(C)(CC(C)C)C2=O)CC1. The third-order valence-electron chi connectivity index (χ3n) is 6.12. The van der Waals surface area contributed by atoms with Gasteiger partial charge in [-0.2, -0.15) is 4.31 Å². The number of guanidine groups is 1. The minimum absolute atomic E-state index is 0.0174. The average Bonchev–Trinajstić information content (AvgIpc) is 2.95. The molecule has 0 bridgehead atoms. The largest absolute Gasteiger partial charge is 0.465 e. The monoisotopic (exact) mass is 464 g/mol. The fourth-order valence-corrected chi connectivity index (χ4v) is 6.26. The molecule has 0 aromatic heterocycles. The van der Waals surface area contributed by atoms with Gasteiger partial charge in [-0.15, -0.1) is 0 Å². The van der Waals surface area contributed by atoms with Crippen LogP contribution in [0.5, 0.6) is 0 Å². The number of amides is 1. The predicted octanol–water partition coefficient (Wildman–Crippen LogP) is 2.05. The van der Waals surface area contributed by atoms with E-state index >= 15 is 0 Å². The summed E-state index contributed by atoms with van der Waals surface area (Å²) in [5.74, 6) is -0.282. The zero-order valence-electron chi connectivity index (χ0n) is 19.1. The summed E-state index contributed by atoms with van der Waals surface area (Å²) in [4.78, 5) is 26.4. The standard InChI is InChI=1S/C22H32N4O5S/c1-15(2)13-22(3)20(28)26(21(23)24-22)14-16-9-11-25(12-10-16)32(29,30)18-8-6-5-7-17(18)19(27)31-4/h5-8,15-16H,9-14H2,1-4H3,(H2,23,24). The average molecular weight is 465 g/mol. The molecule has 2 aliphatic rings. The number of piperidine rings is 1. The van der Waals surface area contributed by atoms with Crippen LogP contribution in [0.15, 0.2) is 29.2 Å². The van der Waals surface area contributed by atoms with Gasteiger partial charge in [0, 0.05) is 19.6 Å². The molecule has 0 saturated carbocycles. The van der Waals surface area contributed by atoms with Gasteiger partial charge in [0.15, 0.2) is 5.96 Å². The Bertz CT molecular complexity index is 1000. The molecule has 2 aliphatic heterocycles. The van der Waals surface area contributed by atoms with E-state index in [2.05, 4.69) is 5.32 Å². The zero-order valence-corrected chi connectivity index (χ0v) is 19.9. The number of methoxy groups -OCH3 is 1. The lowest BCUT2D eigenvalue weighted by atomic mass is 9.90. The van der Waals surface area contributed by atoms with Crippen LogP contribution >= 0.6 is 0 Å². The van der Waals surface area contributed by atoms with Crippen LogP contribution in [0, 0.1) is 17.2 Å². The molecule has 3 rings (SSSR count). The number of ether oxygens (including phenoxy) is 1. The number of carbonyl (C=O) groups excluding carboxylic acids is 2. The van der Waals surface area contributed by atoms with Crippen LogP contribution in [0.1, 0.15) is 50.4 Å². The maximum Gasteiger partial charge on any atom is 0.339 e. The summed E-state index contributed by atoms with van der Waals surface area (Å²) in [6.45, 7) is 6.88. The van der Waals surface area contributed by atoms with Gasteiger partial charge in [0.2, 0.25) is 10.0 Å². The zero-order chi connectivity index (χ0) is 23.7. The number of benzene rings is 1. The molecule has 176 valence electrons. The molecule has 10 heteroatoms. The highest BCUT2D eigenvalue weighted by Crippen LogP contribution is 2.29. The minimum atomic E-state index is -3.85. The number of hydrogen-bond acceptors (Lipinski definition) is 6. The molecule has 1 aromatic rings. The maximum atomic E-state index is 13.2. The molecule has 9 nitrogen and oxygen atoms in total. The van der Waals surface area contributed by atoms with Gasteiger partial charge in [0.25, 0.3) is 5.91 Å². The second-order valence-corrected chi connectivity index (χ2v) is 11.1. The molecule has 1 aromatic carbocycles. The second-order valence-electron chi connectivity index (χ2n) is 9.15. The highest BCUT2D eigenvalue weighted by Gasteiger charge is 2.46. The number of hydrogen-bond donors (Lipinski definition) is 2. The van der Waals surface area contributed by atoms with Crippen molar-refractivity contribution in [1.82, 2.24) is 14.5 Å².